The molecule has 1 saturated carbocycles. The summed E-state index contributed by atoms with van der Waals surface area (Å²) in [5, 5.41) is 0.793. The van der Waals surface area contributed by atoms with E-state index in [4.69, 9.17) is 11.6 Å². The van der Waals surface area contributed by atoms with Crippen molar-refractivity contribution in [3.8, 4) is 0 Å². The van der Waals surface area contributed by atoms with Crippen molar-refractivity contribution in [3.63, 3.8) is 0 Å². The Labute approximate surface area is 107 Å². The zero-order valence-electron chi connectivity index (χ0n) is 9.65. The van der Waals surface area contributed by atoms with Gasteiger partial charge in [-0.3, -0.25) is 0 Å². The van der Waals surface area contributed by atoms with Crippen molar-refractivity contribution in [2.24, 2.45) is 0 Å². The predicted molar refractivity (Wildman–Crippen MR) is 71.4 cm³/mol. The van der Waals surface area contributed by atoms with Gasteiger partial charge < -0.3 is 0 Å². The normalized spacial score (nSPS) is 22.5. The predicted octanol–water partition coefficient (Wildman–Crippen LogP) is 4.61. The summed E-state index contributed by atoms with van der Waals surface area (Å²) in [6.45, 7) is 2.11. The molecule has 3 rings (SSSR count). The van der Waals surface area contributed by atoms with Crippen molar-refractivity contribution in [1.29, 1.82) is 0 Å². The van der Waals surface area contributed by atoms with E-state index in [1.807, 2.05) is 12.1 Å². The van der Waals surface area contributed by atoms with E-state index < -0.39 is 0 Å². The molecule has 0 N–H and O–H groups in total. The minimum absolute atomic E-state index is 0.440. The van der Waals surface area contributed by atoms with Crippen molar-refractivity contribution >= 4 is 11.6 Å². The largest absolute Gasteiger partial charge is 0.0843 e. The molecule has 17 heavy (non-hydrogen) atoms. The number of halogens is 1. The lowest BCUT2D eigenvalue weighted by atomic mass is 10.0. The lowest BCUT2D eigenvalue weighted by Crippen LogP contribution is -1.84. The Bertz CT molecular complexity index is 461. The molecule has 0 bridgehead atoms. The molecule has 0 unspecified atom stereocenters. The second-order valence-corrected chi connectivity index (χ2v) is 5.02. The molecule has 1 fully saturated rings. The molecule has 2 radical (unpaired) electrons. The molecule has 1 aliphatic carbocycles. The van der Waals surface area contributed by atoms with Crippen molar-refractivity contribution in [2.75, 3.05) is 0 Å². The zero-order valence-corrected chi connectivity index (χ0v) is 10.4. The summed E-state index contributed by atoms with van der Waals surface area (Å²) < 4.78 is 0. The van der Waals surface area contributed by atoms with Gasteiger partial charge in [0.15, 0.2) is 0 Å². The number of hydrogen-bond donors (Lipinski definition) is 0. The molecule has 0 saturated heterocycles. The molecule has 0 heterocycles. The monoisotopic (exact) mass is 240 g/mol. The fourth-order valence-corrected chi connectivity index (χ4v) is 2.29. The number of rotatable bonds is 2. The second kappa shape index (κ2) is 4.19. The van der Waals surface area contributed by atoms with Crippen LogP contribution in [-0.4, -0.2) is 0 Å². The van der Waals surface area contributed by atoms with Crippen LogP contribution < -0.4 is 0 Å². The van der Waals surface area contributed by atoms with E-state index in [2.05, 4.69) is 49.7 Å². The third kappa shape index (κ3) is 2.23. The third-order valence-corrected chi connectivity index (χ3v) is 3.50. The molecular formula is C16H13Cl. The molecule has 1 heteroatoms. The highest BCUT2D eigenvalue weighted by molar-refractivity contribution is 6.30. The number of benzene rings is 2. The molecule has 2 aromatic carbocycles. The van der Waals surface area contributed by atoms with Crippen LogP contribution in [0, 0.1) is 13.3 Å². The average molecular weight is 241 g/mol. The van der Waals surface area contributed by atoms with E-state index in [0.29, 0.717) is 11.8 Å². The summed E-state index contributed by atoms with van der Waals surface area (Å²) in [4.78, 5) is 0. The van der Waals surface area contributed by atoms with Gasteiger partial charge in [-0.05, 0) is 42.0 Å². The summed E-state index contributed by atoms with van der Waals surface area (Å²) in [7, 11) is 0. The maximum absolute atomic E-state index is 5.89. The molecule has 0 nitrogen and oxygen atoms in total. The first-order valence-electron chi connectivity index (χ1n) is 5.82. The molecule has 0 aromatic heterocycles. The van der Waals surface area contributed by atoms with Crippen molar-refractivity contribution in [1.82, 2.24) is 0 Å². The van der Waals surface area contributed by atoms with E-state index in [-0.39, 0.29) is 0 Å². The van der Waals surface area contributed by atoms with E-state index in [0.717, 1.165) is 5.02 Å². The van der Waals surface area contributed by atoms with Crippen LogP contribution in [0.5, 0.6) is 0 Å². The van der Waals surface area contributed by atoms with Gasteiger partial charge in [0.2, 0.25) is 0 Å². The Balaban J connectivity index is 1.78. The van der Waals surface area contributed by atoms with Crippen LogP contribution in [0.1, 0.15) is 28.5 Å². The SMILES string of the molecule is Cc1ccc([C@@H]2[C][C@H]2c2ccc(Cl)cc2)cc1. The van der Waals surface area contributed by atoms with Crippen LogP contribution in [0.4, 0.5) is 0 Å². The first-order chi connectivity index (χ1) is 8.24. The average Bonchev–Trinajstić information content (AvgIpc) is 3.11. The van der Waals surface area contributed by atoms with E-state index >= 15 is 0 Å². The van der Waals surface area contributed by atoms with E-state index in [1.165, 1.54) is 16.7 Å². The first-order valence-corrected chi connectivity index (χ1v) is 6.20. The molecule has 2 atom stereocenters. The van der Waals surface area contributed by atoms with Gasteiger partial charge in [0.05, 0.1) is 0 Å². The smallest absolute Gasteiger partial charge is 0.0406 e. The van der Waals surface area contributed by atoms with E-state index in [9.17, 15) is 0 Å². The fraction of sp³-hybridized carbons (Fsp3) is 0.188. The third-order valence-electron chi connectivity index (χ3n) is 3.25. The molecule has 84 valence electrons. The highest BCUT2D eigenvalue weighted by Gasteiger charge is 2.40. The molecule has 0 aliphatic heterocycles. The molecule has 0 amide bonds. The van der Waals surface area contributed by atoms with Crippen LogP contribution in [0.25, 0.3) is 0 Å². The first kappa shape index (κ1) is 10.9. The Morgan fingerprint density at radius 3 is 1.82 bits per heavy atom. The van der Waals surface area contributed by atoms with Crippen LogP contribution in [0.15, 0.2) is 48.5 Å². The van der Waals surface area contributed by atoms with Crippen molar-refractivity contribution in [2.45, 2.75) is 18.8 Å². The van der Waals surface area contributed by atoms with Crippen LogP contribution in [0.2, 0.25) is 5.02 Å². The quantitative estimate of drug-likeness (QED) is 0.719. The summed E-state index contributed by atoms with van der Waals surface area (Å²) >= 11 is 5.89. The fourth-order valence-electron chi connectivity index (χ4n) is 2.16. The summed E-state index contributed by atoms with van der Waals surface area (Å²) in [5.41, 5.74) is 3.97. The van der Waals surface area contributed by atoms with Gasteiger partial charge in [0.25, 0.3) is 0 Å². The highest BCUT2D eigenvalue weighted by Crippen LogP contribution is 2.53. The number of aryl methyl sites for hydroxylation is 1. The molecular weight excluding hydrogens is 228 g/mol. The van der Waals surface area contributed by atoms with Crippen LogP contribution >= 0.6 is 11.6 Å². The minimum Gasteiger partial charge on any atom is -0.0843 e. The molecule has 1 aliphatic rings. The maximum Gasteiger partial charge on any atom is 0.0406 e. The Morgan fingerprint density at radius 2 is 1.29 bits per heavy atom. The lowest BCUT2D eigenvalue weighted by Gasteiger charge is -2.02. The van der Waals surface area contributed by atoms with Gasteiger partial charge >= 0.3 is 0 Å². The van der Waals surface area contributed by atoms with Gasteiger partial charge in [-0.25, -0.2) is 0 Å². The standard InChI is InChI=1S/C16H13Cl/c1-11-2-4-12(5-3-11)15-10-16(15)13-6-8-14(17)9-7-13/h2-9,15-16H,1H3/t15-,16-/m0/s1. The Morgan fingerprint density at radius 1 is 0.824 bits per heavy atom. The Kier molecular flexibility index (Phi) is 2.68. The lowest BCUT2D eigenvalue weighted by molar-refractivity contribution is 1.02. The summed E-state index contributed by atoms with van der Waals surface area (Å²) in [5.74, 6) is 0.895. The summed E-state index contributed by atoms with van der Waals surface area (Å²) in [6, 6.07) is 16.8. The zero-order chi connectivity index (χ0) is 11.8. The van der Waals surface area contributed by atoms with Crippen LogP contribution in [-0.2, 0) is 0 Å². The molecule has 0 spiro atoms. The van der Waals surface area contributed by atoms with Crippen LogP contribution in [0.3, 0.4) is 0 Å². The maximum atomic E-state index is 5.89. The second-order valence-electron chi connectivity index (χ2n) is 4.58. The Hall–Kier alpha value is -1.27. The molecule has 2 aromatic rings. The van der Waals surface area contributed by atoms with Crippen molar-refractivity contribution in [3.05, 3.63) is 76.7 Å². The van der Waals surface area contributed by atoms with Gasteiger partial charge in [-0.15, -0.1) is 0 Å². The van der Waals surface area contributed by atoms with E-state index in [1.54, 1.807) is 0 Å². The summed E-state index contributed by atoms with van der Waals surface area (Å²) in [6.07, 6.45) is 3.50. The van der Waals surface area contributed by atoms with Crippen molar-refractivity contribution < 1.29 is 0 Å². The van der Waals surface area contributed by atoms with Gasteiger partial charge in [0, 0.05) is 11.4 Å². The van der Waals surface area contributed by atoms with Gasteiger partial charge in [0.1, 0.15) is 0 Å². The highest BCUT2D eigenvalue weighted by atomic mass is 35.5. The number of hydrogen-bond acceptors (Lipinski definition) is 0. The van der Waals surface area contributed by atoms with Gasteiger partial charge in [-0.1, -0.05) is 53.6 Å². The van der Waals surface area contributed by atoms with Gasteiger partial charge in [-0.2, -0.15) is 0 Å². The minimum atomic E-state index is 0.440. The topological polar surface area (TPSA) is 0 Å².